The number of hydrogen-bond acceptors (Lipinski definition) is 4. The molecule has 4 rings (SSSR count). The van der Waals surface area contributed by atoms with Gasteiger partial charge in [-0.05, 0) is 30.6 Å². The average Bonchev–Trinajstić information content (AvgIpc) is 3.23. The molecule has 0 aromatic carbocycles. The highest BCUT2D eigenvalue weighted by molar-refractivity contribution is 7.15. The Bertz CT molecular complexity index is 757. The van der Waals surface area contributed by atoms with Crippen LogP contribution < -0.4 is 5.32 Å². The summed E-state index contributed by atoms with van der Waals surface area (Å²) in [5.74, 6) is 1.16. The number of fused-ring (bicyclic) bond motifs is 2. The van der Waals surface area contributed by atoms with Crippen molar-refractivity contribution in [3.63, 3.8) is 0 Å². The van der Waals surface area contributed by atoms with Crippen molar-refractivity contribution < 1.29 is 14.7 Å². The van der Waals surface area contributed by atoms with Crippen LogP contribution in [0.1, 0.15) is 30.3 Å². The summed E-state index contributed by atoms with van der Waals surface area (Å²) in [5, 5.41) is 14.3. The van der Waals surface area contributed by atoms with E-state index in [0.717, 1.165) is 17.8 Å². The van der Waals surface area contributed by atoms with Crippen LogP contribution in [0.25, 0.3) is 4.96 Å². The number of likely N-dealkylation sites (tertiary alicyclic amines) is 1. The molecule has 1 aliphatic heterocycles. The van der Waals surface area contributed by atoms with Crippen molar-refractivity contribution in [2.45, 2.75) is 25.8 Å². The number of amides is 2. The van der Waals surface area contributed by atoms with Crippen LogP contribution in [0.4, 0.5) is 4.79 Å². The zero-order valence-electron chi connectivity index (χ0n) is 13.4. The summed E-state index contributed by atoms with van der Waals surface area (Å²) in [5.41, 5.74) is 0.373. The van der Waals surface area contributed by atoms with Crippen LogP contribution >= 0.6 is 11.3 Å². The number of hydrogen-bond donors (Lipinski definition) is 2. The second-order valence-corrected chi connectivity index (χ2v) is 7.80. The molecule has 24 heavy (non-hydrogen) atoms. The Morgan fingerprint density at radius 2 is 2.29 bits per heavy atom. The number of aromatic nitrogens is 2. The summed E-state index contributed by atoms with van der Waals surface area (Å²) in [6, 6.07) is -0.134. The maximum atomic E-state index is 12.4. The van der Waals surface area contributed by atoms with Gasteiger partial charge in [-0.3, -0.25) is 9.20 Å². The van der Waals surface area contributed by atoms with Crippen LogP contribution in [-0.4, -0.2) is 50.5 Å². The molecular formula is C16H20N4O3S. The normalized spacial score (nSPS) is 29.1. The molecule has 2 N–H and O–H groups in total. The number of imidazole rings is 1. The highest BCUT2D eigenvalue weighted by Gasteiger charge is 2.48. The molecule has 1 aliphatic carbocycles. The third-order valence-corrected chi connectivity index (χ3v) is 6.12. The molecule has 0 spiro atoms. The number of nitrogens with zero attached hydrogens (tertiary/aromatic N) is 3. The summed E-state index contributed by atoms with van der Waals surface area (Å²) >= 11 is 1.47. The van der Waals surface area contributed by atoms with Gasteiger partial charge in [-0.15, -0.1) is 11.3 Å². The van der Waals surface area contributed by atoms with E-state index in [2.05, 4.69) is 17.2 Å². The second-order valence-electron chi connectivity index (χ2n) is 6.93. The molecule has 2 aliphatic rings. The SMILES string of the molecule is CC1C[C@H]2CN(C(=O)O)[C@H](CNC(=O)c3cn4ccsc4n3)[C@H]2C1. The predicted octanol–water partition coefficient (Wildman–Crippen LogP) is 2.15. The summed E-state index contributed by atoms with van der Waals surface area (Å²) < 4.78 is 1.81. The van der Waals surface area contributed by atoms with Gasteiger partial charge in [-0.25, -0.2) is 9.78 Å². The molecule has 7 nitrogen and oxygen atoms in total. The van der Waals surface area contributed by atoms with Gasteiger partial charge in [0.05, 0.1) is 6.04 Å². The molecule has 2 aromatic rings. The highest BCUT2D eigenvalue weighted by Crippen LogP contribution is 2.44. The zero-order valence-corrected chi connectivity index (χ0v) is 14.2. The van der Waals surface area contributed by atoms with Gasteiger partial charge in [0, 0.05) is 30.9 Å². The molecular weight excluding hydrogens is 328 g/mol. The summed E-state index contributed by atoms with van der Waals surface area (Å²) in [6.45, 7) is 3.16. The zero-order chi connectivity index (χ0) is 16.8. The smallest absolute Gasteiger partial charge is 0.407 e. The van der Waals surface area contributed by atoms with Crippen molar-refractivity contribution in [1.29, 1.82) is 0 Å². The molecule has 4 atom stereocenters. The fourth-order valence-electron chi connectivity index (χ4n) is 4.35. The minimum absolute atomic E-state index is 0.134. The molecule has 8 heteroatoms. The molecule has 0 bridgehead atoms. The third-order valence-electron chi connectivity index (χ3n) is 5.35. The van der Waals surface area contributed by atoms with Gasteiger partial charge in [0.15, 0.2) is 4.96 Å². The lowest BCUT2D eigenvalue weighted by atomic mass is 9.94. The van der Waals surface area contributed by atoms with Crippen molar-refractivity contribution in [2.24, 2.45) is 17.8 Å². The van der Waals surface area contributed by atoms with Crippen LogP contribution in [-0.2, 0) is 0 Å². The van der Waals surface area contributed by atoms with Crippen molar-refractivity contribution in [3.05, 3.63) is 23.5 Å². The van der Waals surface area contributed by atoms with Crippen LogP contribution in [0.15, 0.2) is 17.8 Å². The summed E-state index contributed by atoms with van der Waals surface area (Å²) in [6.07, 6.45) is 4.78. The number of nitrogens with one attached hydrogen (secondary N) is 1. The van der Waals surface area contributed by atoms with Gasteiger partial charge in [-0.1, -0.05) is 6.92 Å². The maximum absolute atomic E-state index is 12.4. The predicted molar refractivity (Wildman–Crippen MR) is 89.3 cm³/mol. The first-order chi connectivity index (χ1) is 11.5. The van der Waals surface area contributed by atoms with Gasteiger partial charge in [0.2, 0.25) is 0 Å². The molecule has 1 unspecified atom stereocenters. The number of rotatable bonds is 3. The fourth-order valence-corrected chi connectivity index (χ4v) is 5.05. The van der Waals surface area contributed by atoms with Crippen molar-refractivity contribution >= 4 is 28.3 Å². The van der Waals surface area contributed by atoms with Gasteiger partial charge in [0.25, 0.3) is 5.91 Å². The Morgan fingerprint density at radius 3 is 3.04 bits per heavy atom. The Balaban J connectivity index is 1.45. The van der Waals surface area contributed by atoms with Crippen molar-refractivity contribution in [2.75, 3.05) is 13.1 Å². The van der Waals surface area contributed by atoms with Crippen molar-refractivity contribution in [3.8, 4) is 0 Å². The maximum Gasteiger partial charge on any atom is 0.407 e. The largest absolute Gasteiger partial charge is 0.465 e. The number of thiazole rings is 1. The summed E-state index contributed by atoms with van der Waals surface area (Å²) in [4.78, 5) is 30.4. The highest BCUT2D eigenvalue weighted by atomic mass is 32.1. The van der Waals surface area contributed by atoms with E-state index in [9.17, 15) is 14.7 Å². The summed E-state index contributed by atoms with van der Waals surface area (Å²) in [7, 11) is 0. The van der Waals surface area contributed by atoms with E-state index in [0.29, 0.717) is 36.5 Å². The number of carbonyl (C=O) groups excluding carboxylic acids is 1. The van der Waals surface area contributed by atoms with E-state index >= 15 is 0 Å². The fraction of sp³-hybridized carbons (Fsp3) is 0.562. The molecule has 2 fully saturated rings. The van der Waals surface area contributed by atoms with Crippen LogP contribution in [0.5, 0.6) is 0 Å². The average molecular weight is 348 g/mol. The Morgan fingerprint density at radius 1 is 1.46 bits per heavy atom. The number of carbonyl (C=O) groups is 2. The molecule has 1 saturated heterocycles. The van der Waals surface area contributed by atoms with Gasteiger partial charge < -0.3 is 15.3 Å². The lowest BCUT2D eigenvalue weighted by molar-refractivity contribution is 0.0920. The third kappa shape index (κ3) is 2.54. The molecule has 2 amide bonds. The molecule has 128 valence electrons. The monoisotopic (exact) mass is 348 g/mol. The van der Waals surface area contributed by atoms with Crippen LogP contribution in [0.3, 0.4) is 0 Å². The quantitative estimate of drug-likeness (QED) is 0.890. The van der Waals surface area contributed by atoms with Gasteiger partial charge in [0.1, 0.15) is 5.69 Å². The lowest BCUT2D eigenvalue weighted by Gasteiger charge is -2.26. The molecule has 3 heterocycles. The van der Waals surface area contributed by atoms with E-state index in [-0.39, 0.29) is 11.9 Å². The Kier molecular flexibility index (Phi) is 3.71. The topological polar surface area (TPSA) is 86.9 Å². The number of carboxylic acid groups (broad SMARTS) is 1. The van der Waals surface area contributed by atoms with E-state index < -0.39 is 6.09 Å². The van der Waals surface area contributed by atoms with Crippen LogP contribution in [0.2, 0.25) is 0 Å². The van der Waals surface area contributed by atoms with Gasteiger partial charge >= 0.3 is 6.09 Å². The lowest BCUT2D eigenvalue weighted by Crippen LogP contribution is -2.45. The van der Waals surface area contributed by atoms with E-state index in [1.807, 2.05) is 16.0 Å². The Hall–Kier alpha value is -2.09. The molecule has 2 aromatic heterocycles. The van der Waals surface area contributed by atoms with E-state index in [4.69, 9.17) is 0 Å². The standard InChI is InChI=1S/C16H20N4O3S/c1-9-4-10-7-20(16(22)23)13(11(10)5-9)6-17-14(21)12-8-19-2-3-24-15(19)18-12/h2-3,8-11,13H,4-7H2,1H3,(H,17,21)(H,22,23)/t9?,10-,11-,13+/m0/s1. The Labute approximate surface area is 143 Å². The van der Waals surface area contributed by atoms with Crippen LogP contribution in [0, 0.1) is 17.8 Å². The second kappa shape index (κ2) is 5.77. The first-order valence-electron chi connectivity index (χ1n) is 8.23. The van der Waals surface area contributed by atoms with E-state index in [1.165, 1.54) is 16.2 Å². The van der Waals surface area contributed by atoms with Gasteiger partial charge in [-0.2, -0.15) is 0 Å². The van der Waals surface area contributed by atoms with Crippen molar-refractivity contribution in [1.82, 2.24) is 19.6 Å². The minimum atomic E-state index is -0.890. The minimum Gasteiger partial charge on any atom is -0.465 e. The first-order valence-corrected chi connectivity index (χ1v) is 9.11. The molecule has 0 radical (unpaired) electrons. The first kappa shape index (κ1) is 15.4. The van der Waals surface area contributed by atoms with E-state index in [1.54, 1.807) is 6.20 Å². The molecule has 1 saturated carbocycles.